The molecule has 0 spiro atoms. The van der Waals surface area contributed by atoms with Crippen molar-refractivity contribution in [3.8, 4) is 0 Å². The van der Waals surface area contributed by atoms with Gasteiger partial charge in [-0.3, -0.25) is 0 Å². The highest BCUT2D eigenvalue weighted by molar-refractivity contribution is 5.87. The van der Waals surface area contributed by atoms with Gasteiger partial charge in [0.05, 0.1) is 11.9 Å². The summed E-state index contributed by atoms with van der Waals surface area (Å²) in [6.07, 6.45) is 1.83. The van der Waals surface area contributed by atoms with E-state index in [9.17, 15) is 0 Å². The minimum absolute atomic E-state index is 0.835. The van der Waals surface area contributed by atoms with Crippen LogP contribution in [0.5, 0.6) is 0 Å². The SMILES string of the molecule is c1cc2c3c(nncc3c1)CNC2. The maximum Gasteiger partial charge on any atom is 0.0850 e. The number of nitrogens with zero attached hydrogens (tertiary/aromatic N) is 2. The molecular weight excluding hydrogens is 162 g/mol. The van der Waals surface area contributed by atoms with Gasteiger partial charge >= 0.3 is 0 Å². The highest BCUT2D eigenvalue weighted by atomic mass is 15.1. The summed E-state index contributed by atoms with van der Waals surface area (Å²) in [4.78, 5) is 0. The summed E-state index contributed by atoms with van der Waals surface area (Å²) in [7, 11) is 0. The van der Waals surface area contributed by atoms with E-state index in [1.54, 1.807) is 0 Å². The third-order valence-electron chi connectivity index (χ3n) is 2.45. The van der Waals surface area contributed by atoms with Gasteiger partial charge in [0.15, 0.2) is 0 Å². The fourth-order valence-corrected chi connectivity index (χ4v) is 1.88. The van der Waals surface area contributed by atoms with E-state index in [2.05, 4.69) is 33.7 Å². The molecule has 2 heterocycles. The first kappa shape index (κ1) is 6.97. The lowest BCUT2D eigenvalue weighted by Crippen LogP contribution is -2.19. The average molecular weight is 171 g/mol. The topological polar surface area (TPSA) is 37.8 Å². The van der Waals surface area contributed by atoms with E-state index in [0.29, 0.717) is 0 Å². The van der Waals surface area contributed by atoms with Crippen LogP contribution in [0.1, 0.15) is 11.3 Å². The lowest BCUT2D eigenvalue weighted by molar-refractivity contribution is 0.659. The van der Waals surface area contributed by atoms with Crippen molar-refractivity contribution in [3.63, 3.8) is 0 Å². The first-order chi connectivity index (χ1) is 6.45. The van der Waals surface area contributed by atoms with Crippen LogP contribution in [-0.2, 0) is 13.1 Å². The van der Waals surface area contributed by atoms with Gasteiger partial charge in [0.2, 0.25) is 0 Å². The molecule has 2 aromatic rings. The summed E-state index contributed by atoms with van der Waals surface area (Å²) >= 11 is 0. The summed E-state index contributed by atoms with van der Waals surface area (Å²) < 4.78 is 0. The molecule has 1 aromatic carbocycles. The lowest BCUT2D eigenvalue weighted by atomic mass is 10.0. The van der Waals surface area contributed by atoms with Crippen LogP contribution in [0.25, 0.3) is 10.8 Å². The molecule has 0 saturated carbocycles. The molecule has 0 atom stereocenters. The molecule has 0 aliphatic carbocycles. The minimum atomic E-state index is 0.835. The standard InChI is InChI=1S/C10H9N3/c1-2-7-4-11-6-9-10(7)8(3-1)5-12-13-9/h1-3,5,11H,4,6H2. The van der Waals surface area contributed by atoms with Crippen molar-refractivity contribution in [1.82, 2.24) is 15.5 Å². The van der Waals surface area contributed by atoms with Gasteiger partial charge < -0.3 is 5.32 Å². The van der Waals surface area contributed by atoms with Crippen LogP contribution >= 0.6 is 0 Å². The zero-order chi connectivity index (χ0) is 8.67. The Labute approximate surface area is 75.8 Å². The summed E-state index contributed by atoms with van der Waals surface area (Å²) in [5.41, 5.74) is 2.40. The van der Waals surface area contributed by atoms with Gasteiger partial charge in [-0.15, -0.1) is 0 Å². The van der Waals surface area contributed by atoms with E-state index >= 15 is 0 Å². The Balaban J connectivity index is 2.49. The molecule has 64 valence electrons. The molecule has 0 bridgehead atoms. The van der Waals surface area contributed by atoms with Gasteiger partial charge in [-0.2, -0.15) is 10.2 Å². The Morgan fingerprint density at radius 3 is 3.23 bits per heavy atom. The maximum atomic E-state index is 4.12. The fraction of sp³-hybridized carbons (Fsp3) is 0.200. The summed E-state index contributed by atoms with van der Waals surface area (Å²) in [5, 5.41) is 13.9. The predicted molar refractivity (Wildman–Crippen MR) is 50.1 cm³/mol. The van der Waals surface area contributed by atoms with E-state index in [-0.39, 0.29) is 0 Å². The van der Waals surface area contributed by atoms with Gasteiger partial charge in [-0.1, -0.05) is 18.2 Å². The first-order valence-corrected chi connectivity index (χ1v) is 4.38. The van der Waals surface area contributed by atoms with Gasteiger partial charge in [-0.05, 0) is 5.56 Å². The molecule has 0 unspecified atom stereocenters. The predicted octanol–water partition coefficient (Wildman–Crippen LogP) is 1.23. The second kappa shape index (κ2) is 2.50. The second-order valence-corrected chi connectivity index (χ2v) is 3.28. The molecule has 0 saturated heterocycles. The molecule has 0 fully saturated rings. The Bertz CT molecular complexity index is 426. The van der Waals surface area contributed by atoms with Crippen molar-refractivity contribution in [2.24, 2.45) is 0 Å². The van der Waals surface area contributed by atoms with Crippen LogP contribution in [0, 0.1) is 0 Å². The van der Waals surface area contributed by atoms with Gasteiger partial charge in [-0.25, -0.2) is 0 Å². The smallest absolute Gasteiger partial charge is 0.0850 e. The third kappa shape index (κ3) is 0.939. The molecule has 3 rings (SSSR count). The van der Waals surface area contributed by atoms with Crippen molar-refractivity contribution >= 4 is 10.8 Å². The van der Waals surface area contributed by atoms with E-state index < -0.39 is 0 Å². The number of nitrogens with one attached hydrogen (secondary N) is 1. The average Bonchev–Trinajstić information content (AvgIpc) is 2.19. The molecule has 1 aliphatic rings. The van der Waals surface area contributed by atoms with Crippen molar-refractivity contribution in [2.45, 2.75) is 13.1 Å². The molecule has 3 nitrogen and oxygen atoms in total. The molecule has 13 heavy (non-hydrogen) atoms. The summed E-state index contributed by atoms with van der Waals surface area (Å²) in [6, 6.07) is 6.29. The zero-order valence-corrected chi connectivity index (χ0v) is 7.12. The number of benzene rings is 1. The van der Waals surface area contributed by atoms with Crippen LogP contribution in [0.2, 0.25) is 0 Å². The van der Waals surface area contributed by atoms with Crippen LogP contribution in [0.4, 0.5) is 0 Å². The minimum Gasteiger partial charge on any atom is -0.307 e. The zero-order valence-electron chi connectivity index (χ0n) is 7.12. The number of aromatic nitrogens is 2. The Morgan fingerprint density at radius 2 is 2.23 bits per heavy atom. The number of rotatable bonds is 0. The quantitative estimate of drug-likeness (QED) is 0.648. The van der Waals surface area contributed by atoms with Crippen molar-refractivity contribution in [1.29, 1.82) is 0 Å². The monoisotopic (exact) mass is 171 g/mol. The summed E-state index contributed by atoms with van der Waals surface area (Å²) in [5.74, 6) is 0. The van der Waals surface area contributed by atoms with Crippen molar-refractivity contribution < 1.29 is 0 Å². The number of hydrogen-bond donors (Lipinski definition) is 1. The van der Waals surface area contributed by atoms with Crippen molar-refractivity contribution in [3.05, 3.63) is 35.7 Å². The van der Waals surface area contributed by atoms with Crippen LogP contribution in [-0.4, -0.2) is 10.2 Å². The van der Waals surface area contributed by atoms with Crippen LogP contribution in [0.15, 0.2) is 24.4 Å². The summed E-state index contributed by atoms with van der Waals surface area (Å²) in [6.45, 7) is 1.78. The maximum absolute atomic E-state index is 4.12. The molecule has 1 N–H and O–H groups in total. The van der Waals surface area contributed by atoms with E-state index in [4.69, 9.17) is 0 Å². The largest absolute Gasteiger partial charge is 0.307 e. The fourth-order valence-electron chi connectivity index (χ4n) is 1.88. The molecule has 1 aromatic heterocycles. The number of hydrogen-bond acceptors (Lipinski definition) is 3. The first-order valence-electron chi connectivity index (χ1n) is 4.38. The molecule has 0 amide bonds. The normalized spacial score (nSPS) is 14.8. The van der Waals surface area contributed by atoms with E-state index in [1.807, 2.05) is 6.20 Å². The lowest BCUT2D eigenvalue weighted by Gasteiger charge is -2.15. The highest BCUT2D eigenvalue weighted by Crippen LogP contribution is 2.23. The third-order valence-corrected chi connectivity index (χ3v) is 2.45. The van der Waals surface area contributed by atoms with E-state index in [1.165, 1.54) is 16.3 Å². The molecule has 3 heteroatoms. The second-order valence-electron chi connectivity index (χ2n) is 3.28. The van der Waals surface area contributed by atoms with E-state index in [0.717, 1.165) is 18.8 Å². The van der Waals surface area contributed by atoms with Gasteiger partial charge in [0, 0.05) is 23.9 Å². The van der Waals surface area contributed by atoms with Gasteiger partial charge in [0.25, 0.3) is 0 Å². The van der Waals surface area contributed by atoms with Crippen LogP contribution < -0.4 is 5.32 Å². The van der Waals surface area contributed by atoms with Crippen LogP contribution in [0.3, 0.4) is 0 Å². The molecule has 0 radical (unpaired) electrons. The van der Waals surface area contributed by atoms with Crippen molar-refractivity contribution in [2.75, 3.05) is 0 Å². The Hall–Kier alpha value is -1.48. The molecule has 1 aliphatic heterocycles. The van der Waals surface area contributed by atoms with Gasteiger partial charge in [0.1, 0.15) is 0 Å². The Kier molecular flexibility index (Phi) is 1.34. The highest BCUT2D eigenvalue weighted by Gasteiger charge is 2.12. The molecular formula is C10H9N3. The Morgan fingerprint density at radius 1 is 1.23 bits per heavy atom.